The van der Waals surface area contributed by atoms with E-state index in [1.807, 2.05) is 61.5 Å². The van der Waals surface area contributed by atoms with Gasteiger partial charge in [0.1, 0.15) is 5.82 Å². The number of H-pyrrole nitrogens is 1. The number of anilines is 1. The van der Waals surface area contributed by atoms with Crippen molar-refractivity contribution in [2.24, 2.45) is 0 Å². The van der Waals surface area contributed by atoms with E-state index in [0.29, 0.717) is 6.54 Å². The van der Waals surface area contributed by atoms with E-state index in [0.717, 1.165) is 28.3 Å². The van der Waals surface area contributed by atoms with Crippen LogP contribution >= 0.6 is 0 Å². The Balaban J connectivity index is 1.62. The zero-order valence-corrected chi connectivity index (χ0v) is 12.8. The van der Waals surface area contributed by atoms with E-state index >= 15 is 0 Å². The second-order valence-electron chi connectivity index (χ2n) is 5.26. The molecule has 1 heterocycles. The van der Waals surface area contributed by atoms with Crippen LogP contribution in [0.25, 0.3) is 11.3 Å². The topological polar surface area (TPSA) is 69.8 Å². The summed E-state index contributed by atoms with van der Waals surface area (Å²) in [4.78, 5) is 19.4. The van der Waals surface area contributed by atoms with Gasteiger partial charge in [-0.25, -0.2) is 9.78 Å². The lowest BCUT2D eigenvalue weighted by Gasteiger charge is -2.08. The molecule has 0 atom stereocenters. The maximum absolute atomic E-state index is 12.0. The zero-order chi connectivity index (χ0) is 16.1. The maximum atomic E-state index is 12.0. The Labute approximate surface area is 134 Å². The van der Waals surface area contributed by atoms with Crippen LogP contribution in [0.3, 0.4) is 0 Å². The highest BCUT2D eigenvalue weighted by molar-refractivity contribution is 5.90. The SMILES string of the molecule is Cc1ncc(-c2cccc(NC(=O)NCc3ccccc3)c2)[nH]1. The minimum absolute atomic E-state index is 0.230. The van der Waals surface area contributed by atoms with Crippen molar-refractivity contribution in [2.45, 2.75) is 13.5 Å². The number of hydrogen-bond donors (Lipinski definition) is 3. The first-order chi connectivity index (χ1) is 11.2. The van der Waals surface area contributed by atoms with Gasteiger partial charge in [0.15, 0.2) is 0 Å². The molecule has 3 rings (SSSR count). The summed E-state index contributed by atoms with van der Waals surface area (Å²) in [6.45, 7) is 2.40. The minimum Gasteiger partial charge on any atom is -0.342 e. The van der Waals surface area contributed by atoms with Gasteiger partial charge in [0.25, 0.3) is 0 Å². The largest absolute Gasteiger partial charge is 0.342 e. The van der Waals surface area contributed by atoms with E-state index in [-0.39, 0.29) is 6.03 Å². The summed E-state index contributed by atoms with van der Waals surface area (Å²) in [5, 5.41) is 5.69. The van der Waals surface area contributed by atoms with Gasteiger partial charge in [-0.1, -0.05) is 42.5 Å². The summed E-state index contributed by atoms with van der Waals surface area (Å²) < 4.78 is 0. The number of carbonyl (C=O) groups excluding carboxylic acids is 1. The van der Waals surface area contributed by atoms with E-state index in [1.54, 1.807) is 6.20 Å². The highest BCUT2D eigenvalue weighted by Crippen LogP contribution is 2.20. The van der Waals surface area contributed by atoms with Crippen LogP contribution in [-0.4, -0.2) is 16.0 Å². The molecule has 1 aromatic heterocycles. The molecule has 0 aliphatic heterocycles. The van der Waals surface area contributed by atoms with Crippen molar-refractivity contribution in [1.29, 1.82) is 0 Å². The lowest BCUT2D eigenvalue weighted by molar-refractivity contribution is 0.251. The second-order valence-corrected chi connectivity index (χ2v) is 5.26. The number of nitrogens with one attached hydrogen (secondary N) is 3. The molecule has 0 aliphatic carbocycles. The van der Waals surface area contributed by atoms with Crippen LogP contribution in [-0.2, 0) is 6.54 Å². The van der Waals surface area contributed by atoms with Crippen molar-refractivity contribution in [1.82, 2.24) is 15.3 Å². The van der Waals surface area contributed by atoms with E-state index in [2.05, 4.69) is 20.6 Å². The highest BCUT2D eigenvalue weighted by Gasteiger charge is 2.05. The number of benzene rings is 2. The smallest absolute Gasteiger partial charge is 0.319 e. The first kappa shape index (κ1) is 14.8. The van der Waals surface area contributed by atoms with E-state index in [1.165, 1.54) is 0 Å². The van der Waals surface area contributed by atoms with Gasteiger partial charge in [0.2, 0.25) is 0 Å². The molecule has 0 radical (unpaired) electrons. The van der Waals surface area contributed by atoms with Crippen LogP contribution in [0.15, 0.2) is 60.8 Å². The number of hydrogen-bond acceptors (Lipinski definition) is 2. The quantitative estimate of drug-likeness (QED) is 0.687. The Morgan fingerprint density at radius 2 is 1.96 bits per heavy atom. The van der Waals surface area contributed by atoms with Crippen molar-refractivity contribution in [2.75, 3.05) is 5.32 Å². The number of aryl methyl sites for hydroxylation is 1. The summed E-state index contributed by atoms with van der Waals surface area (Å²) in [7, 11) is 0. The Hall–Kier alpha value is -3.08. The lowest BCUT2D eigenvalue weighted by Crippen LogP contribution is -2.28. The monoisotopic (exact) mass is 306 g/mol. The molecule has 0 unspecified atom stereocenters. The highest BCUT2D eigenvalue weighted by atomic mass is 16.2. The summed E-state index contributed by atoms with van der Waals surface area (Å²) in [5.74, 6) is 0.860. The van der Waals surface area contributed by atoms with Crippen LogP contribution in [0.4, 0.5) is 10.5 Å². The summed E-state index contributed by atoms with van der Waals surface area (Å²) in [5.41, 5.74) is 3.70. The van der Waals surface area contributed by atoms with Gasteiger partial charge >= 0.3 is 6.03 Å². The van der Waals surface area contributed by atoms with Crippen molar-refractivity contribution in [3.8, 4) is 11.3 Å². The Morgan fingerprint density at radius 1 is 1.13 bits per heavy atom. The van der Waals surface area contributed by atoms with Crippen molar-refractivity contribution < 1.29 is 4.79 Å². The fourth-order valence-electron chi connectivity index (χ4n) is 2.29. The van der Waals surface area contributed by atoms with Crippen LogP contribution in [0.2, 0.25) is 0 Å². The molecule has 5 heteroatoms. The molecule has 0 aliphatic rings. The van der Waals surface area contributed by atoms with E-state index in [4.69, 9.17) is 0 Å². The van der Waals surface area contributed by atoms with Gasteiger partial charge in [0, 0.05) is 17.8 Å². The predicted octanol–water partition coefficient (Wildman–Crippen LogP) is 3.71. The minimum atomic E-state index is -0.230. The molecule has 2 aromatic carbocycles. The number of rotatable bonds is 4. The predicted molar refractivity (Wildman–Crippen MR) is 91.1 cm³/mol. The first-order valence-corrected chi connectivity index (χ1v) is 7.41. The average molecular weight is 306 g/mol. The van der Waals surface area contributed by atoms with Crippen molar-refractivity contribution in [3.05, 3.63) is 72.2 Å². The molecule has 23 heavy (non-hydrogen) atoms. The molecule has 116 valence electrons. The molecule has 3 N–H and O–H groups in total. The fourth-order valence-corrected chi connectivity index (χ4v) is 2.29. The standard InChI is InChI=1S/C18H18N4O/c1-13-19-12-17(21-13)15-8-5-9-16(10-15)22-18(23)20-11-14-6-3-2-4-7-14/h2-10,12H,11H2,1H3,(H,19,21)(H2,20,22,23). The molecule has 0 saturated heterocycles. The number of nitrogens with zero attached hydrogens (tertiary/aromatic N) is 1. The normalized spacial score (nSPS) is 10.3. The number of aromatic amines is 1. The first-order valence-electron chi connectivity index (χ1n) is 7.41. The van der Waals surface area contributed by atoms with Gasteiger partial charge < -0.3 is 15.6 Å². The molecule has 2 amide bonds. The van der Waals surface area contributed by atoms with Gasteiger partial charge in [-0.15, -0.1) is 0 Å². The van der Waals surface area contributed by atoms with Crippen molar-refractivity contribution >= 4 is 11.7 Å². The summed E-state index contributed by atoms with van der Waals surface area (Å²) in [6.07, 6.45) is 1.78. The second kappa shape index (κ2) is 6.79. The van der Waals surface area contributed by atoms with Gasteiger partial charge in [-0.05, 0) is 24.6 Å². The lowest BCUT2D eigenvalue weighted by atomic mass is 10.1. The third-order valence-corrected chi connectivity index (χ3v) is 3.43. The van der Waals surface area contributed by atoms with Crippen LogP contribution in [0.5, 0.6) is 0 Å². The van der Waals surface area contributed by atoms with E-state index < -0.39 is 0 Å². The van der Waals surface area contributed by atoms with E-state index in [9.17, 15) is 4.79 Å². The molecule has 0 spiro atoms. The maximum Gasteiger partial charge on any atom is 0.319 e. The molecule has 0 fully saturated rings. The molecular weight excluding hydrogens is 288 g/mol. The molecule has 0 bridgehead atoms. The number of carbonyl (C=O) groups is 1. The summed E-state index contributed by atoms with van der Waals surface area (Å²) >= 11 is 0. The zero-order valence-electron chi connectivity index (χ0n) is 12.8. The average Bonchev–Trinajstić information content (AvgIpc) is 3.01. The Kier molecular flexibility index (Phi) is 4.38. The number of aromatic nitrogens is 2. The third kappa shape index (κ3) is 3.97. The Morgan fingerprint density at radius 3 is 2.70 bits per heavy atom. The number of amides is 2. The van der Waals surface area contributed by atoms with Gasteiger partial charge in [-0.3, -0.25) is 0 Å². The fraction of sp³-hybridized carbons (Fsp3) is 0.111. The van der Waals surface area contributed by atoms with Crippen LogP contribution < -0.4 is 10.6 Å². The molecule has 5 nitrogen and oxygen atoms in total. The third-order valence-electron chi connectivity index (χ3n) is 3.43. The van der Waals surface area contributed by atoms with Gasteiger partial charge in [0.05, 0.1) is 11.9 Å². The molecule has 3 aromatic rings. The van der Waals surface area contributed by atoms with Crippen LogP contribution in [0.1, 0.15) is 11.4 Å². The van der Waals surface area contributed by atoms with Crippen molar-refractivity contribution in [3.63, 3.8) is 0 Å². The van der Waals surface area contributed by atoms with Gasteiger partial charge in [-0.2, -0.15) is 0 Å². The number of urea groups is 1. The van der Waals surface area contributed by atoms with Crippen LogP contribution in [0, 0.1) is 6.92 Å². The number of imidazole rings is 1. The molecular formula is C18H18N4O. The molecule has 0 saturated carbocycles. The Bertz CT molecular complexity index is 796. The summed E-state index contributed by atoms with van der Waals surface area (Å²) in [6, 6.07) is 17.2.